The highest BCUT2D eigenvalue weighted by molar-refractivity contribution is 7.17. The van der Waals surface area contributed by atoms with Crippen LogP contribution in [0.1, 0.15) is 53.9 Å². The molecule has 134 valence electrons. The zero-order valence-electron chi connectivity index (χ0n) is 14.3. The van der Waals surface area contributed by atoms with Crippen LogP contribution >= 0.6 is 11.3 Å². The van der Waals surface area contributed by atoms with Gasteiger partial charge >= 0.3 is 5.97 Å². The third kappa shape index (κ3) is 3.73. The number of carbonyl (C=O) groups excluding carboxylic acids is 3. The lowest BCUT2D eigenvalue weighted by molar-refractivity contribution is -0.121. The first-order valence-electron chi connectivity index (χ1n) is 8.48. The SMILES string of the molecule is CCOC(=O)c1c(NC(=O)C2=NNC(=O)CC2)sc2c1CCC(C)C2. The molecule has 0 saturated heterocycles. The molecule has 1 aliphatic carbocycles. The number of hydrogen-bond donors (Lipinski definition) is 2. The van der Waals surface area contributed by atoms with Gasteiger partial charge in [0.15, 0.2) is 0 Å². The fraction of sp³-hybridized carbons (Fsp3) is 0.529. The summed E-state index contributed by atoms with van der Waals surface area (Å²) in [5.41, 5.74) is 4.04. The predicted octanol–water partition coefficient (Wildman–Crippen LogP) is 2.25. The van der Waals surface area contributed by atoms with Gasteiger partial charge in [-0.3, -0.25) is 9.59 Å². The van der Waals surface area contributed by atoms with Gasteiger partial charge in [-0.05, 0) is 37.7 Å². The van der Waals surface area contributed by atoms with E-state index in [-0.39, 0.29) is 31.1 Å². The van der Waals surface area contributed by atoms with Crippen LogP contribution in [0.3, 0.4) is 0 Å². The molecule has 0 saturated carbocycles. The van der Waals surface area contributed by atoms with E-state index in [0.717, 1.165) is 29.7 Å². The third-order valence-electron chi connectivity index (χ3n) is 4.38. The summed E-state index contributed by atoms with van der Waals surface area (Å²) in [6.07, 6.45) is 3.25. The maximum atomic E-state index is 12.4. The van der Waals surface area contributed by atoms with Gasteiger partial charge in [0.05, 0.1) is 12.2 Å². The van der Waals surface area contributed by atoms with E-state index in [2.05, 4.69) is 22.8 Å². The van der Waals surface area contributed by atoms with Crippen molar-refractivity contribution in [2.45, 2.75) is 46.0 Å². The molecule has 2 aliphatic rings. The minimum Gasteiger partial charge on any atom is -0.462 e. The van der Waals surface area contributed by atoms with E-state index in [1.54, 1.807) is 6.92 Å². The molecule has 0 radical (unpaired) electrons. The lowest BCUT2D eigenvalue weighted by Crippen LogP contribution is -2.32. The van der Waals surface area contributed by atoms with Crippen LogP contribution in [0.4, 0.5) is 5.00 Å². The van der Waals surface area contributed by atoms with Crippen molar-refractivity contribution in [3.05, 3.63) is 16.0 Å². The van der Waals surface area contributed by atoms with Gasteiger partial charge in [-0.1, -0.05) is 6.92 Å². The van der Waals surface area contributed by atoms with Gasteiger partial charge in [-0.25, -0.2) is 10.2 Å². The first-order valence-corrected chi connectivity index (χ1v) is 9.29. The Balaban J connectivity index is 1.88. The van der Waals surface area contributed by atoms with Crippen LogP contribution in [-0.4, -0.2) is 30.1 Å². The Morgan fingerprint density at radius 3 is 2.84 bits per heavy atom. The van der Waals surface area contributed by atoms with Gasteiger partial charge < -0.3 is 10.1 Å². The second kappa shape index (κ2) is 7.35. The number of nitrogens with zero attached hydrogens (tertiary/aromatic N) is 1. The maximum absolute atomic E-state index is 12.4. The van der Waals surface area contributed by atoms with E-state index in [1.807, 2.05) is 0 Å². The van der Waals surface area contributed by atoms with Crippen molar-refractivity contribution in [3.8, 4) is 0 Å². The summed E-state index contributed by atoms with van der Waals surface area (Å²) in [5, 5.41) is 7.12. The van der Waals surface area contributed by atoms with Crippen LogP contribution in [0.5, 0.6) is 0 Å². The van der Waals surface area contributed by atoms with Crippen LogP contribution in [0.15, 0.2) is 5.10 Å². The molecule has 1 aromatic heterocycles. The van der Waals surface area contributed by atoms with E-state index in [9.17, 15) is 14.4 Å². The standard InChI is InChI=1S/C17H21N3O4S/c1-3-24-17(23)14-10-5-4-9(2)8-12(10)25-16(14)18-15(22)11-6-7-13(21)20-19-11/h9H,3-8H2,1-2H3,(H,18,22)(H,20,21). The van der Waals surface area contributed by atoms with Crippen LogP contribution in [0.25, 0.3) is 0 Å². The highest BCUT2D eigenvalue weighted by atomic mass is 32.1. The molecule has 0 aromatic carbocycles. The zero-order chi connectivity index (χ0) is 18.0. The first-order chi connectivity index (χ1) is 12.0. The van der Waals surface area contributed by atoms with Crippen molar-refractivity contribution in [1.29, 1.82) is 0 Å². The molecule has 0 spiro atoms. The first kappa shape index (κ1) is 17.6. The fourth-order valence-electron chi connectivity index (χ4n) is 3.07. The van der Waals surface area contributed by atoms with E-state index < -0.39 is 11.9 Å². The van der Waals surface area contributed by atoms with E-state index in [0.29, 0.717) is 16.5 Å². The number of hydrazone groups is 1. The van der Waals surface area contributed by atoms with Crippen molar-refractivity contribution < 1.29 is 19.1 Å². The summed E-state index contributed by atoms with van der Waals surface area (Å²) in [6, 6.07) is 0. The molecule has 0 bridgehead atoms. The van der Waals surface area contributed by atoms with Gasteiger partial charge in [0.25, 0.3) is 5.91 Å². The molecule has 3 rings (SSSR count). The summed E-state index contributed by atoms with van der Waals surface area (Å²) >= 11 is 1.44. The van der Waals surface area contributed by atoms with Crippen molar-refractivity contribution in [3.63, 3.8) is 0 Å². The summed E-state index contributed by atoms with van der Waals surface area (Å²) in [7, 11) is 0. The molecule has 7 nitrogen and oxygen atoms in total. The third-order valence-corrected chi connectivity index (χ3v) is 5.55. The highest BCUT2D eigenvalue weighted by Crippen LogP contribution is 2.40. The molecule has 1 aliphatic heterocycles. The Labute approximate surface area is 149 Å². The smallest absolute Gasteiger partial charge is 0.341 e. The number of rotatable bonds is 4. The Morgan fingerprint density at radius 1 is 1.36 bits per heavy atom. The van der Waals surface area contributed by atoms with Gasteiger partial charge in [-0.15, -0.1) is 11.3 Å². The number of thiophene rings is 1. The quantitative estimate of drug-likeness (QED) is 0.802. The number of nitrogens with one attached hydrogen (secondary N) is 2. The van der Waals surface area contributed by atoms with E-state index in [4.69, 9.17) is 4.74 Å². The molecule has 1 aromatic rings. The zero-order valence-corrected chi connectivity index (χ0v) is 15.1. The van der Waals surface area contributed by atoms with E-state index in [1.165, 1.54) is 11.3 Å². The molecule has 2 heterocycles. The molecule has 25 heavy (non-hydrogen) atoms. The molecule has 2 amide bonds. The summed E-state index contributed by atoms with van der Waals surface area (Å²) in [4.78, 5) is 37.2. The highest BCUT2D eigenvalue weighted by Gasteiger charge is 2.30. The van der Waals surface area contributed by atoms with Crippen molar-refractivity contribution in [2.75, 3.05) is 11.9 Å². The van der Waals surface area contributed by atoms with Crippen LogP contribution in [0.2, 0.25) is 0 Å². The molecule has 8 heteroatoms. The number of ether oxygens (including phenoxy) is 1. The number of fused-ring (bicyclic) bond motifs is 1. The molecule has 1 atom stereocenters. The number of amides is 2. The van der Waals surface area contributed by atoms with Gasteiger partial charge in [0, 0.05) is 17.7 Å². The van der Waals surface area contributed by atoms with Crippen LogP contribution in [-0.2, 0) is 27.2 Å². The topological polar surface area (TPSA) is 96.9 Å². The van der Waals surface area contributed by atoms with Gasteiger partial charge in [0.1, 0.15) is 10.7 Å². The molecular weight excluding hydrogens is 342 g/mol. The Morgan fingerprint density at radius 2 is 2.16 bits per heavy atom. The average molecular weight is 363 g/mol. The maximum Gasteiger partial charge on any atom is 0.341 e. The number of esters is 1. The monoisotopic (exact) mass is 363 g/mol. The second-order valence-electron chi connectivity index (χ2n) is 6.32. The number of carbonyl (C=O) groups is 3. The summed E-state index contributed by atoms with van der Waals surface area (Å²) < 4.78 is 5.19. The Hall–Kier alpha value is -2.22. The summed E-state index contributed by atoms with van der Waals surface area (Å²) in [5.74, 6) is -0.437. The minimum absolute atomic E-state index is 0.204. The number of anilines is 1. The minimum atomic E-state index is -0.399. The Bertz CT molecular complexity index is 753. The molecular formula is C17H21N3O4S. The fourth-order valence-corrected chi connectivity index (χ4v) is 4.47. The Kier molecular flexibility index (Phi) is 5.17. The largest absolute Gasteiger partial charge is 0.462 e. The lowest BCUT2D eigenvalue weighted by atomic mass is 9.88. The summed E-state index contributed by atoms with van der Waals surface area (Å²) in [6.45, 7) is 4.23. The molecule has 2 N–H and O–H groups in total. The van der Waals surface area contributed by atoms with Crippen molar-refractivity contribution >= 4 is 39.8 Å². The average Bonchev–Trinajstić information content (AvgIpc) is 2.92. The van der Waals surface area contributed by atoms with Crippen molar-refractivity contribution in [2.24, 2.45) is 11.0 Å². The predicted molar refractivity (Wildman–Crippen MR) is 94.9 cm³/mol. The van der Waals surface area contributed by atoms with Gasteiger partial charge in [0.2, 0.25) is 5.91 Å². The van der Waals surface area contributed by atoms with Crippen molar-refractivity contribution in [1.82, 2.24) is 5.43 Å². The molecule has 0 fully saturated rings. The van der Waals surface area contributed by atoms with Crippen LogP contribution in [0, 0.1) is 5.92 Å². The molecule has 1 unspecified atom stereocenters. The normalized spacial score (nSPS) is 19.5. The lowest BCUT2D eigenvalue weighted by Gasteiger charge is -2.18. The van der Waals surface area contributed by atoms with Gasteiger partial charge in [-0.2, -0.15) is 5.10 Å². The van der Waals surface area contributed by atoms with E-state index >= 15 is 0 Å². The van der Waals surface area contributed by atoms with Crippen LogP contribution < -0.4 is 10.7 Å². The second-order valence-corrected chi connectivity index (χ2v) is 7.43. The number of hydrogen-bond acceptors (Lipinski definition) is 6.